The lowest BCUT2D eigenvalue weighted by Gasteiger charge is -2.19. The number of carbonyl (C=O) groups excluding carboxylic acids is 1. The Morgan fingerprint density at radius 1 is 1.22 bits per heavy atom. The van der Waals surface area contributed by atoms with Gasteiger partial charge in [0.15, 0.2) is 0 Å². The van der Waals surface area contributed by atoms with E-state index in [2.05, 4.69) is 10.2 Å². The third kappa shape index (κ3) is 7.04. The Morgan fingerprint density at radius 3 is 2.74 bits per heavy atom. The number of rotatable bonds is 8. The Kier molecular flexibility index (Phi) is 7.95. The van der Waals surface area contributed by atoms with Gasteiger partial charge in [-0.15, -0.1) is 0 Å². The highest BCUT2D eigenvalue weighted by Gasteiger charge is 2.08. The standard InChI is InChI=1S/C19H30N2O2/c1-23-18-9-6-8-17(16-18)10-11-19(22)20-12-7-15-21-13-4-2-3-5-14-21/h6,8-9,16H,2-5,7,10-15H2,1H3,(H,20,22). The number of aryl methyl sites for hydroxylation is 1. The van der Waals surface area contributed by atoms with E-state index >= 15 is 0 Å². The van der Waals surface area contributed by atoms with Gasteiger partial charge in [-0.3, -0.25) is 4.79 Å². The molecule has 1 N–H and O–H groups in total. The van der Waals surface area contributed by atoms with Gasteiger partial charge in [0.05, 0.1) is 7.11 Å². The molecule has 1 aromatic rings. The fraction of sp³-hybridized carbons (Fsp3) is 0.632. The molecule has 1 amide bonds. The molecule has 1 heterocycles. The second-order valence-electron chi connectivity index (χ2n) is 6.31. The van der Waals surface area contributed by atoms with Gasteiger partial charge in [0.1, 0.15) is 5.75 Å². The average molecular weight is 318 g/mol. The van der Waals surface area contributed by atoms with Crippen molar-refractivity contribution in [2.24, 2.45) is 0 Å². The van der Waals surface area contributed by atoms with E-state index in [0.717, 1.165) is 37.2 Å². The molecule has 4 nitrogen and oxygen atoms in total. The highest BCUT2D eigenvalue weighted by molar-refractivity contribution is 5.76. The van der Waals surface area contributed by atoms with Crippen molar-refractivity contribution in [2.45, 2.75) is 44.9 Å². The van der Waals surface area contributed by atoms with E-state index in [1.54, 1.807) is 7.11 Å². The largest absolute Gasteiger partial charge is 0.497 e. The molecule has 0 aliphatic carbocycles. The summed E-state index contributed by atoms with van der Waals surface area (Å²) in [5, 5.41) is 3.04. The number of carbonyl (C=O) groups is 1. The topological polar surface area (TPSA) is 41.6 Å². The Balaban J connectivity index is 1.57. The van der Waals surface area contributed by atoms with Crippen molar-refractivity contribution in [3.63, 3.8) is 0 Å². The van der Waals surface area contributed by atoms with Crippen LogP contribution in [0.15, 0.2) is 24.3 Å². The summed E-state index contributed by atoms with van der Waals surface area (Å²) >= 11 is 0. The number of nitrogens with one attached hydrogen (secondary N) is 1. The summed E-state index contributed by atoms with van der Waals surface area (Å²) < 4.78 is 5.20. The number of amides is 1. The predicted octanol–water partition coefficient (Wildman–Crippen LogP) is 3.01. The summed E-state index contributed by atoms with van der Waals surface area (Å²) in [5.41, 5.74) is 1.14. The van der Waals surface area contributed by atoms with E-state index in [4.69, 9.17) is 4.74 Å². The fourth-order valence-corrected chi connectivity index (χ4v) is 3.06. The van der Waals surface area contributed by atoms with Crippen LogP contribution in [0.25, 0.3) is 0 Å². The number of hydrogen-bond acceptors (Lipinski definition) is 3. The van der Waals surface area contributed by atoms with Crippen molar-refractivity contribution < 1.29 is 9.53 Å². The first-order chi connectivity index (χ1) is 11.3. The monoisotopic (exact) mass is 318 g/mol. The van der Waals surface area contributed by atoms with Crippen LogP contribution >= 0.6 is 0 Å². The molecule has 1 aromatic carbocycles. The van der Waals surface area contributed by atoms with Crippen molar-refractivity contribution in [2.75, 3.05) is 33.3 Å². The summed E-state index contributed by atoms with van der Waals surface area (Å²) in [6.07, 6.45) is 7.74. The molecular weight excluding hydrogens is 288 g/mol. The Labute approximate surface area is 140 Å². The quantitative estimate of drug-likeness (QED) is 0.749. The van der Waals surface area contributed by atoms with Crippen LogP contribution in [0.5, 0.6) is 5.75 Å². The van der Waals surface area contributed by atoms with Gasteiger partial charge < -0.3 is 15.0 Å². The Hall–Kier alpha value is -1.55. The zero-order valence-corrected chi connectivity index (χ0v) is 14.4. The molecule has 2 rings (SSSR count). The van der Waals surface area contributed by atoms with E-state index in [-0.39, 0.29) is 5.91 Å². The zero-order valence-electron chi connectivity index (χ0n) is 14.4. The normalized spacial score (nSPS) is 15.9. The van der Waals surface area contributed by atoms with Crippen molar-refractivity contribution in [3.05, 3.63) is 29.8 Å². The van der Waals surface area contributed by atoms with Gasteiger partial charge in [-0.2, -0.15) is 0 Å². The van der Waals surface area contributed by atoms with Crippen LogP contribution in [0.4, 0.5) is 0 Å². The van der Waals surface area contributed by atoms with Crippen molar-refractivity contribution in [1.82, 2.24) is 10.2 Å². The van der Waals surface area contributed by atoms with Gasteiger partial charge in [0, 0.05) is 13.0 Å². The summed E-state index contributed by atoms with van der Waals surface area (Å²) in [6, 6.07) is 7.92. The SMILES string of the molecule is COc1cccc(CCC(=O)NCCCN2CCCCCC2)c1. The van der Waals surface area contributed by atoms with E-state index in [1.165, 1.54) is 38.8 Å². The molecule has 0 radical (unpaired) electrons. The minimum atomic E-state index is 0.142. The number of nitrogens with zero attached hydrogens (tertiary/aromatic N) is 1. The van der Waals surface area contributed by atoms with Crippen molar-refractivity contribution >= 4 is 5.91 Å². The van der Waals surface area contributed by atoms with Crippen molar-refractivity contribution in [3.8, 4) is 5.75 Å². The van der Waals surface area contributed by atoms with E-state index < -0.39 is 0 Å². The number of hydrogen-bond donors (Lipinski definition) is 1. The second kappa shape index (κ2) is 10.3. The number of benzene rings is 1. The molecule has 0 spiro atoms. The molecule has 0 unspecified atom stereocenters. The molecule has 1 aliphatic heterocycles. The summed E-state index contributed by atoms with van der Waals surface area (Å²) in [4.78, 5) is 14.5. The molecule has 0 aromatic heterocycles. The van der Waals surface area contributed by atoms with Gasteiger partial charge in [0.25, 0.3) is 0 Å². The van der Waals surface area contributed by atoms with Crippen LogP contribution in [0.3, 0.4) is 0 Å². The third-order valence-electron chi connectivity index (χ3n) is 4.45. The van der Waals surface area contributed by atoms with Gasteiger partial charge in [-0.05, 0) is 63.0 Å². The minimum absolute atomic E-state index is 0.142. The number of ether oxygens (including phenoxy) is 1. The van der Waals surface area contributed by atoms with Crippen LogP contribution in [-0.4, -0.2) is 44.1 Å². The van der Waals surface area contributed by atoms with Crippen LogP contribution in [0, 0.1) is 0 Å². The van der Waals surface area contributed by atoms with Crippen LogP contribution in [0.1, 0.15) is 44.1 Å². The van der Waals surface area contributed by atoms with Crippen LogP contribution in [0.2, 0.25) is 0 Å². The first-order valence-corrected chi connectivity index (χ1v) is 8.90. The molecule has 128 valence electrons. The molecule has 23 heavy (non-hydrogen) atoms. The highest BCUT2D eigenvalue weighted by atomic mass is 16.5. The average Bonchev–Trinajstić information content (AvgIpc) is 2.86. The van der Waals surface area contributed by atoms with Gasteiger partial charge >= 0.3 is 0 Å². The summed E-state index contributed by atoms with van der Waals surface area (Å²) in [7, 11) is 1.66. The summed E-state index contributed by atoms with van der Waals surface area (Å²) in [6.45, 7) is 4.34. The first kappa shape index (κ1) is 17.8. The first-order valence-electron chi connectivity index (χ1n) is 8.90. The third-order valence-corrected chi connectivity index (χ3v) is 4.45. The van der Waals surface area contributed by atoms with Crippen LogP contribution in [-0.2, 0) is 11.2 Å². The molecule has 1 saturated heterocycles. The van der Waals surface area contributed by atoms with E-state index in [9.17, 15) is 4.79 Å². The molecule has 1 fully saturated rings. The minimum Gasteiger partial charge on any atom is -0.497 e. The highest BCUT2D eigenvalue weighted by Crippen LogP contribution is 2.14. The zero-order chi connectivity index (χ0) is 16.3. The van der Waals surface area contributed by atoms with Gasteiger partial charge in [0.2, 0.25) is 5.91 Å². The molecule has 0 bridgehead atoms. The van der Waals surface area contributed by atoms with Gasteiger partial charge in [-0.1, -0.05) is 25.0 Å². The molecule has 1 aliphatic rings. The lowest BCUT2D eigenvalue weighted by molar-refractivity contribution is -0.121. The van der Waals surface area contributed by atoms with E-state index in [1.807, 2.05) is 24.3 Å². The second-order valence-corrected chi connectivity index (χ2v) is 6.31. The Bertz CT molecular complexity index is 468. The van der Waals surface area contributed by atoms with E-state index in [0.29, 0.717) is 6.42 Å². The number of likely N-dealkylation sites (tertiary alicyclic amines) is 1. The fourth-order valence-electron chi connectivity index (χ4n) is 3.06. The smallest absolute Gasteiger partial charge is 0.220 e. The molecular formula is C19H30N2O2. The predicted molar refractivity (Wildman–Crippen MR) is 93.8 cm³/mol. The van der Waals surface area contributed by atoms with Crippen LogP contribution < -0.4 is 10.1 Å². The molecule has 4 heteroatoms. The van der Waals surface area contributed by atoms with Crippen molar-refractivity contribution in [1.29, 1.82) is 0 Å². The maximum Gasteiger partial charge on any atom is 0.220 e. The summed E-state index contributed by atoms with van der Waals surface area (Å²) in [5.74, 6) is 0.990. The maximum absolute atomic E-state index is 11.9. The molecule has 0 atom stereocenters. The lowest BCUT2D eigenvalue weighted by atomic mass is 10.1. The maximum atomic E-state index is 11.9. The Morgan fingerprint density at radius 2 is 2.00 bits per heavy atom. The number of methoxy groups -OCH3 is 1. The van der Waals surface area contributed by atoms with Gasteiger partial charge in [-0.25, -0.2) is 0 Å². The molecule has 0 saturated carbocycles. The lowest BCUT2D eigenvalue weighted by Crippen LogP contribution is -2.30.